The summed E-state index contributed by atoms with van der Waals surface area (Å²) >= 11 is 0. The SMILES string of the molecule is CC(=O)N(Cc1nc(-c2ccccc2)c(-c2ccccc2)o1)C1CCc2c(OCC(=O)O)cccc21. The molecule has 3 aromatic carbocycles. The minimum Gasteiger partial charge on any atom is -0.482 e. The lowest BCUT2D eigenvalue weighted by Crippen LogP contribution is -2.31. The number of benzene rings is 3. The number of carbonyl (C=O) groups excluding carboxylic acids is 1. The molecule has 5 rings (SSSR count). The number of amides is 1. The van der Waals surface area contributed by atoms with Crippen molar-refractivity contribution < 1.29 is 23.8 Å². The lowest BCUT2D eigenvalue weighted by Gasteiger charge is -2.27. The molecule has 1 amide bonds. The summed E-state index contributed by atoms with van der Waals surface area (Å²) in [5, 5.41) is 8.99. The third kappa shape index (κ3) is 4.73. The minimum atomic E-state index is -1.03. The highest BCUT2D eigenvalue weighted by atomic mass is 16.5. The van der Waals surface area contributed by atoms with E-state index in [0.29, 0.717) is 30.2 Å². The second kappa shape index (κ2) is 10.1. The van der Waals surface area contributed by atoms with E-state index in [2.05, 4.69) is 0 Å². The Hall–Kier alpha value is -4.39. The van der Waals surface area contributed by atoms with Gasteiger partial charge in [-0.05, 0) is 30.0 Å². The van der Waals surface area contributed by atoms with Crippen LogP contribution in [0.3, 0.4) is 0 Å². The maximum atomic E-state index is 12.8. The van der Waals surface area contributed by atoms with Crippen molar-refractivity contribution in [1.82, 2.24) is 9.88 Å². The molecule has 0 aliphatic heterocycles. The van der Waals surface area contributed by atoms with Crippen molar-refractivity contribution in [2.45, 2.75) is 32.4 Å². The van der Waals surface area contributed by atoms with Gasteiger partial charge in [0.2, 0.25) is 11.8 Å². The number of carboxylic acid groups (broad SMARTS) is 1. The summed E-state index contributed by atoms with van der Waals surface area (Å²) in [6.07, 6.45) is 1.40. The van der Waals surface area contributed by atoms with Crippen molar-refractivity contribution >= 4 is 11.9 Å². The Bertz CT molecular complexity index is 1320. The quantitative estimate of drug-likeness (QED) is 0.356. The zero-order valence-electron chi connectivity index (χ0n) is 19.9. The van der Waals surface area contributed by atoms with E-state index in [9.17, 15) is 9.59 Å². The van der Waals surface area contributed by atoms with E-state index in [-0.39, 0.29) is 18.5 Å². The molecule has 1 unspecified atom stereocenters. The molecule has 4 aromatic rings. The predicted molar refractivity (Wildman–Crippen MR) is 134 cm³/mol. The van der Waals surface area contributed by atoms with Gasteiger partial charge in [-0.1, -0.05) is 72.8 Å². The first-order valence-corrected chi connectivity index (χ1v) is 11.9. The second-order valence-electron chi connectivity index (χ2n) is 8.73. The van der Waals surface area contributed by atoms with Crippen molar-refractivity contribution in [3.8, 4) is 28.3 Å². The van der Waals surface area contributed by atoms with Crippen LogP contribution in [0.25, 0.3) is 22.6 Å². The molecule has 0 fully saturated rings. The number of carboxylic acids is 1. The molecule has 0 saturated carbocycles. The second-order valence-corrected chi connectivity index (χ2v) is 8.73. The van der Waals surface area contributed by atoms with Crippen LogP contribution in [-0.4, -0.2) is 33.5 Å². The molecule has 1 N–H and O–H groups in total. The minimum absolute atomic E-state index is 0.0922. The number of ether oxygens (including phenoxy) is 1. The third-order valence-corrected chi connectivity index (χ3v) is 6.39. The van der Waals surface area contributed by atoms with Gasteiger partial charge in [-0.15, -0.1) is 0 Å². The number of aliphatic carboxylic acids is 1. The Balaban J connectivity index is 1.48. The molecular formula is C29H26N2O5. The predicted octanol–water partition coefficient (Wildman–Crippen LogP) is 5.51. The van der Waals surface area contributed by atoms with E-state index in [0.717, 1.165) is 27.9 Å². The summed E-state index contributed by atoms with van der Waals surface area (Å²) in [5.41, 5.74) is 4.49. The fraction of sp³-hybridized carbons (Fsp3) is 0.207. The van der Waals surface area contributed by atoms with Crippen molar-refractivity contribution in [3.05, 3.63) is 95.9 Å². The number of hydrogen-bond acceptors (Lipinski definition) is 5. The Morgan fingerprint density at radius 2 is 1.69 bits per heavy atom. The number of hydrogen-bond donors (Lipinski definition) is 1. The number of nitrogens with zero attached hydrogens (tertiary/aromatic N) is 2. The fourth-order valence-electron chi connectivity index (χ4n) is 4.79. The van der Waals surface area contributed by atoms with Crippen LogP contribution >= 0.6 is 0 Å². The molecule has 1 aromatic heterocycles. The van der Waals surface area contributed by atoms with Crippen molar-refractivity contribution in [3.63, 3.8) is 0 Å². The van der Waals surface area contributed by atoms with E-state index in [4.69, 9.17) is 19.2 Å². The average Bonchev–Trinajstić information content (AvgIpc) is 3.52. The fourth-order valence-corrected chi connectivity index (χ4v) is 4.79. The maximum absolute atomic E-state index is 12.8. The van der Waals surface area contributed by atoms with Crippen molar-refractivity contribution in [2.24, 2.45) is 0 Å². The van der Waals surface area contributed by atoms with Gasteiger partial charge in [0.1, 0.15) is 11.4 Å². The monoisotopic (exact) mass is 482 g/mol. The first kappa shape index (κ1) is 23.4. The van der Waals surface area contributed by atoms with Gasteiger partial charge in [-0.25, -0.2) is 9.78 Å². The molecular weight excluding hydrogens is 456 g/mol. The Kier molecular flexibility index (Phi) is 6.54. The molecule has 0 radical (unpaired) electrons. The van der Waals surface area contributed by atoms with E-state index < -0.39 is 12.6 Å². The van der Waals surface area contributed by atoms with Crippen LogP contribution in [0.1, 0.15) is 36.4 Å². The van der Waals surface area contributed by atoms with Crippen molar-refractivity contribution in [1.29, 1.82) is 0 Å². The lowest BCUT2D eigenvalue weighted by molar-refractivity contribution is -0.139. The molecule has 1 atom stereocenters. The van der Waals surface area contributed by atoms with E-state index >= 15 is 0 Å². The molecule has 7 nitrogen and oxygen atoms in total. The van der Waals surface area contributed by atoms with Gasteiger partial charge in [-0.3, -0.25) is 4.79 Å². The van der Waals surface area contributed by atoms with Gasteiger partial charge < -0.3 is 19.2 Å². The van der Waals surface area contributed by atoms with Crippen LogP contribution in [0.5, 0.6) is 5.75 Å². The molecule has 0 bridgehead atoms. The summed E-state index contributed by atoms with van der Waals surface area (Å²) in [7, 11) is 0. The van der Waals surface area contributed by atoms with Crippen LogP contribution in [0.4, 0.5) is 0 Å². The first-order chi connectivity index (χ1) is 17.5. The number of carbonyl (C=O) groups is 2. The summed E-state index contributed by atoms with van der Waals surface area (Å²) in [6.45, 7) is 1.35. The van der Waals surface area contributed by atoms with Gasteiger partial charge in [-0.2, -0.15) is 0 Å². The molecule has 0 saturated heterocycles. The largest absolute Gasteiger partial charge is 0.482 e. The zero-order valence-corrected chi connectivity index (χ0v) is 19.9. The highest BCUT2D eigenvalue weighted by Gasteiger charge is 2.33. The van der Waals surface area contributed by atoms with E-state index in [1.807, 2.05) is 72.8 Å². The van der Waals surface area contributed by atoms with Gasteiger partial charge in [0.25, 0.3) is 0 Å². The van der Waals surface area contributed by atoms with Crippen LogP contribution in [-0.2, 0) is 22.6 Å². The molecule has 1 aliphatic carbocycles. The third-order valence-electron chi connectivity index (χ3n) is 6.39. The summed E-state index contributed by atoms with van der Waals surface area (Å²) in [6, 6.07) is 25.0. The molecule has 1 heterocycles. The van der Waals surface area contributed by atoms with Gasteiger partial charge in [0.15, 0.2) is 12.4 Å². The highest BCUT2D eigenvalue weighted by Crippen LogP contribution is 2.41. The average molecular weight is 483 g/mol. The van der Waals surface area contributed by atoms with Crippen molar-refractivity contribution in [2.75, 3.05) is 6.61 Å². The molecule has 36 heavy (non-hydrogen) atoms. The van der Waals surface area contributed by atoms with Gasteiger partial charge in [0, 0.05) is 18.1 Å². The zero-order chi connectivity index (χ0) is 25.1. The van der Waals surface area contributed by atoms with Crippen LogP contribution in [0.2, 0.25) is 0 Å². The van der Waals surface area contributed by atoms with E-state index in [1.165, 1.54) is 0 Å². The van der Waals surface area contributed by atoms with Crippen LogP contribution in [0.15, 0.2) is 83.3 Å². The summed E-state index contributed by atoms with van der Waals surface area (Å²) in [4.78, 5) is 30.4. The lowest BCUT2D eigenvalue weighted by atomic mass is 10.1. The standard InChI is InChI=1S/C29H26N2O5/c1-19(32)31(24-16-15-23-22(24)13-8-14-25(23)35-18-27(33)34)17-26-30-28(20-9-4-2-5-10-20)29(36-26)21-11-6-3-7-12-21/h2-14,24H,15-18H2,1H3,(H,33,34). The van der Waals surface area contributed by atoms with Gasteiger partial charge in [0.05, 0.1) is 12.6 Å². The molecule has 0 spiro atoms. The number of rotatable bonds is 8. The maximum Gasteiger partial charge on any atom is 0.341 e. The Labute approximate surface area is 209 Å². The highest BCUT2D eigenvalue weighted by molar-refractivity contribution is 5.77. The number of aromatic nitrogens is 1. The smallest absolute Gasteiger partial charge is 0.341 e. The summed E-state index contributed by atoms with van der Waals surface area (Å²) in [5.74, 6) is 0.547. The van der Waals surface area contributed by atoms with Crippen LogP contribution in [0, 0.1) is 0 Å². The number of oxazole rings is 1. The topological polar surface area (TPSA) is 92.9 Å². The molecule has 182 valence electrons. The van der Waals surface area contributed by atoms with E-state index in [1.54, 1.807) is 17.9 Å². The summed E-state index contributed by atoms with van der Waals surface area (Å²) < 4.78 is 11.8. The Morgan fingerprint density at radius 3 is 2.36 bits per heavy atom. The first-order valence-electron chi connectivity index (χ1n) is 11.9. The molecule has 1 aliphatic rings. The molecule has 7 heteroatoms. The number of fused-ring (bicyclic) bond motifs is 1. The van der Waals surface area contributed by atoms with Crippen LogP contribution < -0.4 is 4.74 Å². The van der Waals surface area contributed by atoms with Gasteiger partial charge >= 0.3 is 5.97 Å². The normalized spacial score (nSPS) is 14.3. The Morgan fingerprint density at radius 1 is 1.00 bits per heavy atom.